The first-order valence-corrected chi connectivity index (χ1v) is 7.97. The van der Waals surface area contributed by atoms with Gasteiger partial charge in [0.1, 0.15) is 0 Å². The van der Waals surface area contributed by atoms with Crippen molar-refractivity contribution in [3.05, 3.63) is 52.1 Å². The number of benzene rings is 2. The molecule has 0 aromatic heterocycles. The van der Waals surface area contributed by atoms with E-state index in [2.05, 4.69) is 5.16 Å². The predicted octanol–water partition coefficient (Wildman–Crippen LogP) is 3.71. The van der Waals surface area contributed by atoms with Crippen LogP contribution in [0.1, 0.15) is 25.8 Å². The number of carbonyl (C=O) groups excluding carboxylic acids is 1. The average Bonchev–Trinajstić information content (AvgIpc) is 2.57. The Bertz CT molecular complexity index is 801. The van der Waals surface area contributed by atoms with Crippen molar-refractivity contribution in [1.29, 1.82) is 0 Å². The standard InChI is InChI=1S/C18H20N2O5/c1-12(2)25-18(21)15(11-19-22)10-9-14-8-7-13-5-3-4-6-16(13)17(14)20(23)24/h3-8,11-12,15,22H,9-10H2,1-2H3/b19-11-. The summed E-state index contributed by atoms with van der Waals surface area (Å²) >= 11 is 0. The van der Waals surface area contributed by atoms with E-state index < -0.39 is 16.8 Å². The molecule has 2 rings (SSSR count). The second-order valence-corrected chi connectivity index (χ2v) is 5.95. The van der Waals surface area contributed by atoms with Gasteiger partial charge in [-0.15, -0.1) is 5.16 Å². The Morgan fingerprint density at radius 2 is 2.04 bits per heavy atom. The Kier molecular flexibility index (Phi) is 6.05. The number of nitrogens with zero attached hydrogens (tertiary/aromatic N) is 2. The fraction of sp³-hybridized carbons (Fsp3) is 0.333. The van der Waals surface area contributed by atoms with Gasteiger partial charge in [0.25, 0.3) is 5.69 Å². The van der Waals surface area contributed by atoms with Gasteiger partial charge in [0.2, 0.25) is 0 Å². The van der Waals surface area contributed by atoms with Crippen molar-refractivity contribution in [2.24, 2.45) is 11.1 Å². The molecule has 0 saturated carbocycles. The molecule has 7 heteroatoms. The molecule has 25 heavy (non-hydrogen) atoms. The third kappa shape index (κ3) is 4.53. The molecule has 0 aliphatic carbocycles. The van der Waals surface area contributed by atoms with E-state index in [-0.39, 0.29) is 24.6 Å². The minimum Gasteiger partial charge on any atom is -0.462 e. The molecule has 0 heterocycles. The van der Waals surface area contributed by atoms with Crippen LogP contribution < -0.4 is 0 Å². The third-order valence-electron chi connectivity index (χ3n) is 3.79. The minimum atomic E-state index is -0.765. The number of fused-ring (bicyclic) bond motifs is 1. The summed E-state index contributed by atoms with van der Waals surface area (Å²) in [6, 6.07) is 10.6. The van der Waals surface area contributed by atoms with Crippen molar-refractivity contribution < 1.29 is 19.7 Å². The highest BCUT2D eigenvalue weighted by molar-refractivity contribution is 5.92. The Labute approximate surface area is 145 Å². The number of ether oxygens (including phenoxy) is 1. The molecule has 7 nitrogen and oxygen atoms in total. The number of hydrogen-bond acceptors (Lipinski definition) is 6. The maximum Gasteiger partial charge on any atom is 0.314 e. The number of oxime groups is 1. The molecule has 0 spiro atoms. The summed E-state index contributed by atoms with van der Waals surface area (Å²) < 4.78 is 5.13. The van der Waals surface area contributed by atoms with Crippen molar-refractivity contribution in [1.82, 2.24) is 0 Å². The number of aryl methyl sites for hydroxylation is 1. The van der Waals surface area contributed by atoms with Crippen LogP contribution in [0, 0.1) is 16.0 Å². The zero-order valence-corrected chi connectivity index (χ0v) is 14.1. The van der Waals surface area contributed by atoms with Gasteiger partial charge in [-0.3, -0.25) is 14.9 Å². The highest BCUT2D eigenvalue weighted by Crippen LogP contribution is 2.31. The van der Waals surface area contributed by atoms with Gasteiger partial charge >= 0.3 is 5.97 Å². The van der Waals surface area contributed by atoms with Crippen molar-refractivity contribution in [2.45, 2.75) is 32.8 Å². The minimum absolute atomic E-state index is 0.0371. The first-order valence-electron chi connectivity index (χ1n) is 7.97. The summed E-state index contributed by atoms with van der Waals surface area (Å²) in [5, 5.41) is 24.6. The lowest BCUT2D eigenvalue weighted by Crippen LogP contribution is -2.23. The Morgan fingerprint density at radius 3 is 2.68 bits per heavy atom. The fourth-order valence-electron chi connectivity index (χ4n) is 2.68. The van der Waals surface area contributed by atoms with Gasteiger partial charge < -0.3 is 9.94 Å². The number of carbonyl (C=O) groups is 1. The lowest BCUT2D eigenvalue weighted by molar-refractivity contribution is -0.383. The van der Waals surface area contributed by atoms with E-state index in [1.807, 2.05) is 18.2 Å². The number of nitro groups is 1. The maximum atomic E-state index is 12.0. The second-order valence-electron chi connectivity index (χ2n) is 5.95. The Hall–Kier alpha value is -2.96. The quantitative estimate of drug-likeness (QED) is 0.271. The van der Waals surface area contributed by atoms with Crippen LogP contribution in [0.15, 0.2) is 41.6 Å². The van der Waals surface area contributed by atoms with Crippen LogP contribution in [-0.4, -0.2) is 28.4 Å². The van der Waals surface area contributed by atoms with Crippen LogP contribution in [0.2, 0.25) is 0 Å². The van der Waals surface area contributed by atoms with Gasteiger partial charge in [0.15, 0.2) is 0 Å². The highest BCUT2D eigenvalue weighted by atomic mass is 16.6. The topological polar surface area (TPSA) is 102 Å². The molecule has 0 amide bonds. The zero-order valence-electron chi connectivity index (χ0n) is 14.1. The molecule has 0 fully saturated rings. The molecule has 0 aliphatic heterocycles. The molecule has 2 aromatic carbocycles. The monoisotopic (exact) mass is 344 g/mol. The average molecular weight is 344 g/mol. The van der Waals surface area contributed by atoms with E-state index in [0.717, 1.165) is 11.6 Å². The summed E-state index contributed by atoms with van der Waals surface area (Å²) in [5.41, 5.74) is 0.562. The van der Waals surface area contributed by atoms with Crippen LogP contribution in [-0.2, 0) is 16.0 Å². The highest BCUT2D eigenvalue weighted by Gasteiger charge is 2.23. The Morgan fingerprint density at radius 1 is 1.32 bits per heavy atom. The SMILES string of the molecule is CC(C)OC(=O)C(/C=N\O)CCc1ccc2ccccc2c1[N+](=O)[O-]. The number of nitro benzene ring substituents is 1. The first-order chi connectivity index (χ1) is 11.9. The van der Waals surface area contributed by atoms with E-state index in [1.54, 1.807) is 32.0 Å². The lowest BCUT2D eigenvalue weighted by Gasteiger charge is -2.14. The maximum absolute atomic E-state index is 12.0. The van der Waals surface area contributed by atoms with Gasteiger partial charge in [0.05, 0.1) is 28.5 Å². The summed E-state index contributed by atoms with van der Waals surface area (Å²) in [4.78, 5) is 23.2. The largest absolute Gasteiger partial charge is 0.462 e. The molecular formula is C18H20N2O5. The van der Waals surface area contributed by atoms with E-state index in [4.69, 9.17) is 9.94 Å². The van der Waals surface area contributed by atoms with Crippen molar-refractivity contribution in [3.63, 3.8) is 0 Å². The van der Waals surface area contributed by atoms with Crippen LogP contribution in [0.3, 0.4) is 0 Å². The molecule has 0 radical (unpaired) electrons. The molecule has 1 N–H and O–H groups in total. The van der Waals surface area contributed by atoms with E-state index in [1.165, 1.54) is 0 Å². The lowest BCUT2D eigenvalue weighted by atomic mass is 9.96. The summed E-state index contributed by atoms with van der Waals surface area (Å²) in [7, 11) is 0. The van der Waals surface area contributed by atoms with E-state index >= 15 is 0 Å². The fourth-order valence-corrected chi connectivity index (χ4v) is 2.68. The first kappa shape index (κ1) is 18.4. The van der Waals surface area contributed by atoms with Gasteiger partial charge in [-0.1, -0.05) is 30.3 Å². The van der Waals surface area contributed by atoms with Gasteiger partial charge in [-0.05, 0) is 38.1 Å². The molecule has 0 aliphatic rings. The molecule has 0 bridgehead atoms. The van der Waals surface area contributed by atoms with Crippen LogP contribution in [0.4, 0.5) is 5.69 Å². The number of hydrogen-bond donors (Lipinski definition) is 1. The van der Waals surface area contributed by atoms with E-state index in [9.17, 15) is 14.9 Å². The van der Waals surface area contributed by atoms with Crippen LogP contribution in [0.25, 0.3) is 10.8 Å². The van der Waals surface area contributed by atoms with Crippen molar-refractivity contribution in [2.75, 3.05) is 0 Å². The third-order valence-corrected chi connectivity index (χ3v) is 3.79. The summed E-state index contributed by atoms with van der Waals surface area (Å²) in [5.74, 6) is -1.28. The normalized spacial score (nSPS) is 12.6. The molecular weight excluding hydrogens is 324 g/mol. The Balaban J connectivity index is 2.28. The van der Waals surface area contributed by atoms with Gasteiger partial charge in [-0.2, -0.15) is 0 Å². The summed E-state index contributed by atoms with van der Waals surface area (Å²) in [6.07, 6.45) is 1.33. The predicted molar refractivity (Wildman–Crippen MR) is 93.9 cm³/mol. The van der Waals surface area contributed by atoms with Crippen LogP contribution >= 0.6 is 0 Å². The molecule has 132 valence electrons. The zero-order chi connectivity index (χ0) is 18.4. The van der Waals surface area contributed by atoms with Crippen molar-refractivity contribution >= 4 is 28.6 Å². The van der Waals surface area contributed by atoms with Gasteiger partial charge in [0, 0.05) is 5.56 Å². The summed E-state index contributed by atoms with van der Waals surface area (Å²) in [6.45, 7) is 3.44. The molecule has 2 aromatic rings. The molecule has 1 unspecified atom stereocenters. The number of esters is 1. The second kappa shape index (κ2) is 8.23. The molecule has 1 atom stereocenters. The van der Waals surface area contributed by atoms with Crippen LogP contribution in [0.5, 0.6) is 0 Å². The number of rotatable bonds is 7. The van der Waals surface area contributed by atoms with Gasteiger partial charge in [-0.25, -0.2) is 0 Å². The molecule has 0 saturated heterocycles. The van der Waals surface area contributed by atoms with E-state index in [0.29, 0.717) is 10.9 Å². The smallest absolute Gasteiger partial charge is 0.314 e. The van der Waals surface area contributed by atoms with Crippen molar-refractivity contribution in [3.8, 4) is 0 Å².